The van der Waals surface area contributed by atoms with Crippen molar-refractivity contribution >= 4 is 17.1 Å². The molecular formula is C18H19N5O2. The minimum Gasteiger partial charge on any atom is -0.392 e. The van der Waals surface area contributed by atoms with Gasteiger partial charge in [0.25, 0.3) is 5.56 Å². The predicted octanol–water partition coefficient (Wildman–Crippen LogP) is 1.42. The summed E-state index contributed by atoms with van der Waals surface area (Å²) >= 11 is 0. The number of nitrogen functional groups attached to an aromatic ring is 1. The number of fused-ring (bicyclic) bond motifs is 1. The van der Waals surface area contributed by atoms with Crippen molar-refractivity contribution < 1.29 is 5.11 Å². The van der Waals surface area contributed by atoms with Crippen LogP contribution in [0.3, 0.4) is 0 Å². The highest BCUT2D eigenvalue weighted by Crippen LogP contribution is 2.41. The summed E-state index contributed by atoms with van der Waals surface area (Å²) in [6, 6.07) is 9.86. The van der Waals surface area contributed by atoms with Gasteiger partial charge in [-0.15, -0.1) is 0 Å². The van der Waals surface area contributed by atoms with Crippen molar-refractivity contribution in [1.29, 1.82) is 0 Å². The standard InChI is InChI=1S/C18H19N5O2/c1-10-12(7-11-5-3-2-4-6-11)14(24)8-13(10)23-9-20-15-16(23)21-18(19)22-17(15)25/h2-6,9,12-14,24H,1,7-8H2,(H3,19,21,22,25)/t12-,13+,14+/m1/s1. The number of H-pyrrole nitrogens is 1. The summed E-state index contributed by atoms with van der Waals surface area (Å²) in [6.45, 7) is 4.22. The molecule has 0 bridgehead atoms. The van der Waals surface area contributed by atoms with E-state index in [2.05, 4.69) is 21.5 Å². The number of rotatable bonds is 3. The Hall–Kier alpha value is -2.93. The van der Waals surface area contributed by atoms with Gasteiger partial charge in [-0.3, -0.25) is 9.78 Å². The Balaban J connectivity index is 1.68. The number of aliphatic hydroxyl groups is 1. The summed E-state index contributed by atoms with van der Waals surface area (Å²) in [5.41, 5.74) is 8.02. The fourth-order valence-electron chi connectivity index (χ4n) is 3.64. The summed E-state index contributed by atoms with van der Waals surface area (Å²) in [4.78, 5) is 22.8. The molecule has 2 heterocycles. The molecule has 0 saturated heterocycles. The molecule has 4 N–H and O–H groups in total. The van der Waals surface area contributed by atoms with E-state index in [-0.39, 0.29) is 29.0 Å². The third kappa shape index (κ3) is 2.62. The zero-order valence-electron chi connectivity index (χ0n) is 13.6. The molecule has 0 aliphatic heterocycles. The molecule has 2 aromatic heterocycles. The number of hydrogen-bond acceptors (Lipinski definition) is 5. The molecule has 7 heteroatoms. The Labute approximate surface area is 143 Å². The lowest BCUT2D eigenvalue weighted by molar-refractivity contribution is 0.138. The zero-order chi connectivity index (χ0) is 17.6. The van der Waals surface area contributed by atoms with Crippen molar-refractivity contribution in [3.8, 4) is 0 Å². The first-order valence-corrected chi connectivity index (χ1v) is 8.17. The van der Waals surface area contributed by atoms with E-state index in [0.29, 0.717) is 12.1 Å². The second-order valence-electron chi connectivity index (χ2n) is 6.47. The normalized spacial score (nSPS) is 23.4. The third-order valence-electron chi connectivity index (χ3n) is 4.92. The second kappa shape index (κ2) is 5.86. The first-order valence-electron chi connectivity index (χ1n) is 8.17. The van der Waals surface area contributed by atoms with Crippen molar-refractivity contribution in [2.75, 3.05) is 5.73 Å². The number of aromatic nitrogens is 4. The zero-order valence-corrected chi connectivity index (χ0v) is 13.6. The van der Waals surface area contributed by atoms with Gasteiger partial charge in [0.2, 0.25) is 5.95 Å². The van der Waals surface area contributed by atoms with E-state index in [1.165, 1.54) is 0 Å². The highest BCUT2D eigenvalue weighted by Gasteiger charge is 2.38. The fourth-order valence-corrected chi connectivity index (χ4v) is 3.64. The predicted molar refractivity (Wildman–Crippen MR) is 95.0 cm³/mol. The van der Waals surface area contributed by atoms with Crippen molar-refractivity contribution in [2.24, 2.45) is 5.92 Å². The average Bonchev–Trinajstić information content (AvgIpc) is 3.12. The molecule has 1 aromatic carbocycles. The summed E-state index contributed by atoms with van der Waals surface area (Å²) in [5, 5.41) is 10.6. The molecule has 0 spiro atoms. The van der Waals surface area contributed by atoms with Crippen LogP contribution in [0.25, 0.3) is 11.2 Å². The van der Waals surface area contributed by atoms with E-state index in [9.17, 15) is 9.90 Å². The lowest BCUT2D eigenvalue weighted by atomic mass is 9.93. The summed E-state index contributed by atoms with van der Waals surface area (Å²) < 4.78 is 1.79. The Morgan fingerprint density at radius 1 is 1.36 bits per heavy atom. The lowest BCUT2D eigenvalue weighted by Crippen LogP contribution is -2.16. The number of hydrogen-bond donors (Lipinski definition) is 3. The number of imidazole rings is 1. The number of nitrogens with one attached hydrogen (secondary N) is 1. The van der Waals surface area contributed by atoms with Crippen LogP contribution < -0.4 is 11.3 Å². The summed E-state index contributed by atoms with van der Waals surface area (Å²) in [7, 11) is 0. The fraction of sp³-hybridized carbons (Fsp3) is 0.278. The Bertz CT molecular complexity index is 992. The lowest BCUT2D eigenvalue weighted by Gasteiger charge is -2.17. The number of benzene rings is 1. The number of nitrogens with zero attached hydrogens (tertiary/aromatic N) is 3. The molecule has 0 radical (unpaired) electrons. The van der Waals surface area contributed by atoms with Gasteiger partial charge in [-0.1, -0.05) is 36.9 Å². The quantitative estimate of drug-likeness (QED) is 0.626. The number of nitrogens with two attached hydrogens (primary N) is 1. The van der Waals surface area contributed by atoms with Gasteiger partial charge in [0.1, 0.15) is 0 Å². The maximum absolute atomic E-state index is 12.0. The highest BCUT2D eigenvalue weighted by atomic mass is 16.3. The molecule has 128 valence electrons. The van der Waals surface area contributed by atoms with E-state index in [4.69, 9.17) is 5.73 Å². The van der Waals surface area contributed by atoms with Crippen molar-refractivity contribution in [3.63, 3.8) is 0 Å². The third-order valence-corrected chi connectivity index (χ3v) is 4.92. The van der Waals surface area contributed by atoms with Crippen LogP contribution in [0, 0.1) is 5.92 Å². The first kappa shape index (κ1) is 15.6. The number of anilines is 1. The Morgan fingerprint density at radius 2 is 2.12 bits per heavy atom. The molecule has 0 unspecified atom stereocenters. The van der Waals surface area contributed by atoms with Crippen molar-refractivity contribution in [3.05, 3.63) is 64.7 Å². The van der Waals surface area contributed by atoms with Crippen LogP contribution >= 0.6 is 0 Å². The van der Waals surface area contributed by atoms with Gasteiger partial charge in [0, 0.05) is 5.92 Å². The van der Waals surface area contributed by atoms with Gasteiger partial charge in [-0.2, -0.15) is 4.98 Å². The molecule has 4 rings (SSSR count). The monoisotopic (exact) mass is 337 g/mol. The van der Waals surface area contributed by atoms with Crippen LogP contribution in [0.5, 0.6) is 0 Å². The minimum absolute atomic E-state index is 0.0456. The Kier molecular flexibility index (Phi) is 3.65. The largest absolute Gasteiger partial charge is 0.392 e. The molecule has 1 aliphatic rings. The van der Waals surface area contributed by atoms with Crippen LogP contribution in [0.4, 0.5) is 5.95 Å². The SMILES string of the molecule is C=C1[C@@H](Cc2ccccc2)[C@@H](O)C[C@@H]1n1cnc2c(=O)[nH]c(N)nc21. The van der Waals surface area contributed by atoms with Gasteiger partial charge >= 0.3 is 0 Å². The van der Waals surface area contributed by atoms with Crippen LogP contribution in [0.1, 0.15) is 18.0 Å². The molecule has 1 fully saturated rings. The van der Waals surface area contributed by atoms with Crippen LogP contribution in [-0.4, -0.2) is 30.7 Å². The molecule has 1 saturated carbocycles. The summed E-state index contributed by atoms with van der Waals surface area (Å²) in [6.07, 6.45) is 2.30. The molecule has 3 aromatic rings. The topological polar surface area (TPSA) is 110 Å². The second-order valence-corrected chi connectivity index (χ2v) is 6.47. The van der Waals surface area contributed by atoms with E-state index in [1.807, 2.05) is 30.3 Å². The summed E-state index contributed by atoms with van der Waals surface area (Å²) in [5.74, 6) is -0.00608. The smallest absolute Gasteiger partial charge is 0.280 e. The van der Waals surface area contributed by atoms with Crippen molar-refractivity contribution in [1.82, 2.24) is 19.5 Å². The average molecular weight is 337 g/mol. The van der Waals surface area contributed by atoms with Crippen LogP contribution in [0.2, 0.25) is 0 Å². The number of aromatic amines is 1. The van der Waals surface area contributed by atoms with Crippen LogP contribution in [-0.2, 0) is 6.42 Å². The molecular weight excluding hydrogens is 318 g/mol. The minimum atomic E-state index is -0.505. The molecule has 7 nitrogen and oxygen atoms in total. The maximum atomic E-state index is 12.0. The number of aliphatic hydroxyl groups excluding tert-OH is 1. The van der Waals surface area contributed by atoms with Gasteiger partial charge in [-0.05, 0) is 24.0 Å². The van der Waals surface area contributed by atoms with Crippen LogP contribution in [0.15, 0.2) is 53.6 Å². The maximum Gasteiger partial charge on any atom is 0.280 e. The van der Waals surface area contributed by atoms with Gasteiger partial charge < -0.3 is 15.4 Å². The van der Waals surface area contributed by atoms with Crippen molar-refractivity contribution in [2.45, 2.75) is 25.0 Å². The molecule has 25 heavy (non-hydrogen) atoms. The van der Waals surface area contributed by atoms with Gasteiger partial charge in [0.05, 0.1) is 18.5 Å². The highest BCUT2D eigenvalue weighted by molar-refractivity contribution is 5.71. The van der Waals surface area contributed by atoms with Gasteiger partial charge in [-0.25, -0.2) is 4.98 Å². The van der Waals surface area contributed by atoms with E-state index < -0.39 is 6.10 Å². The van der Waals surface area contributed by atoms with E-state index in [1.54, 1.807) is 10.9 Å². The Morgan fingerprint density at radius 3 is 2.88 bits per heavy atom. The van der Waals surface area contributed by atoms with E-state index >= 15 is 0 Å². The van der Waals surface area contributed by atoms with Gasteiger partial charge in [0.15, 0.2) is 11.2 Å². The molecule has 3 atom stereocenters. The molecule has 1 aliphatic carbocycles. The first-order chi connectivity index (χ1) is 12.0. The van der Waals surface area contributed by atoms with E-state index in [0.717, 1.165) is 17.6 Å². The molecule has 0 amide bonds.